The molecule has 0 aliphatic heterocycles. The maximum atomic E-state index is 7.03. The smallest absolute Gasteiger partial charge is 0.151 e. The van der Waals surface area contributed by atoms with Crippen LogP contribution in [0.1, 0.15) is 13.8 Å². The SMILES string of the molecule is CC1(C)C(CSC(=N)N)C1(Cl)Cl. The zero-order valence-corrected chi connectivity index (χ0v) is 9.35. The van der Waals surface area contributed by atoms with E-state index in [4.69, 9.17) is 34.3 Å². The molecule has 3 N–H and O–H groups in total. The maximum absolute atomic E-state index is 7.03. The van der Waals surface area contributed by atoms with Gasteiger partial charge in [-0.05, 0) is 0 Å². The summed E-state index contributed by atoms with van der Waals surface area (Å²) in [4.78, 5) is 0. The lowest BCUT2D eigenvalue weighted by atomic mass is 10.1. The third kappa shape index (κ3) is 1.54. The van der Waals surface area contributed by atoms with Crippen molar-refractivity contribution >= 4 is 40.1 Å². The van der Waals surface area contributed by atoms with Gasteiger partial charge in [-0.3, -0.25) is 5.41 Å². The minimum Gasteiger partial charge on any atom is -0.379 e. The maximum Gasteiger partial charge on any atom is 0.151 e. The first-order valence-electron chi connectivity index (χ1n) is 3.65. The standard InChI is InChI=1S/C7H12Cl2N2S/c1-6(2)4(7(6,8)9)3-12-5(10)11/h4H,3H2,1-2H3,(H3,10,11). The first-order chi connectivity index (χ1) is 5.30. The van der Waals surface area contributed by atoms with Crippen LogP contribution in [0.3, 0.4) is 0 Å². The molecule has 1 atom stereocenters. The van der Waals surface area contributed by atoms with Crippen LogP contribution in [0, 0.1) is 16.7 Å². The molecule has 70 valence electrons. The molecule has 1 fully saturated rings. The summed E-state index contributed by atoms with van der Waals surface area (Å²) in [5, 5.41) is 7.16. The molecule has 5 heteroatoms. The van der Waals surface area contributed by atoms with Crippen molar-refractivity contribution in [3.8, 4) is 0 Å². The van der Waals surface area contributed by atoms with Crippen molar-refractivity contribution in [2.75, 3.05) is 5.75 Å². The summed E-state index contributed by atoms with van der Waals surface area (Å²) in [5.74, 6) is 0.970. The van der Waals surface area contributed by atoms with Crippen molar-refractivity contribution in [1.29, 1.82) is 5.41 Å². The van der Waals surface area contributed by atoms with E-state index in [1.807, 2.05) is 13.8 Å². The van der Waals surface area contributed by atoms with E-state index in [9.17, 15) is 0 Å². The van der Waals surface area contributed by atoms with Gasteiger partial charge in [0, 0.05) is 17.1 Å². The predicted molar refractivity (Wildman–Crippen MR) is 56.1 cm³/mol. The third-order valence-electron chi connectivity index (χ3n) is 2.49. The summed E-state index contributed by atoms with van der Waals surface area (Å²) < 4.78 is -0.630. The lowest BCUT2D eigenvalue weighted by molar-refractivity contribution is 0.586. The minimum atomic E-state index is -0.630. The van der Waals surface area contributed by atoms with Crippen LogP contribution in [-0.2, 0) is 0 Å². The van der Waals surface area contributed by atoms with Gasteiger partial charge < -0.3 is 5.73 Å². The highest BCUT2D eigenvalue weighted by molar-refractivity contribution is 8.13. The fourth-order valence-corrected chi connectivity index (χ4v) is 3.29. The van der Waals surface area contributed by atoms with Crippen LogP contribution in [0.5, 0.6) is 0 Å². The Balaban J connectivity index is 2.44. The number of alkyl halides is 2. The lowest BCUT2D eigenvalue weighted by Crippen LogP contribution is -2.06. The van der Waals surface area contributed by atoms with Crippen molar-refractivity contribution in [2.45, 2.75) is 18.2 Å². The summed E-state index contributed by atoms with van der Waals surface area (Å²) in [6.07, 6.45) is 0. The Hall–Kier alpha value is 0.400. The summed E-state index contributed by atoms with van der Waals surface area (Å²) in [6, 6.07) is 0. The molecule has 2 nitrogen and oxygen atoms in total. The van der Waals surface area contributed by atoms with Crippen molar-refractivity contribution in [3.05, 3.63) is 0 Å². The molecule has 0 amide bonds. The van der Waals surface area contributed by atoms with Crippen molar-refractivity contribution < 1.29 is 0 Å². The Bertz CT molecular complexity index is 201. The van der Waals surface area contributed by atoms with E-state index in [1.54, 1.807) is 0 Å². The first kappa shape index (κ1) is 10.5. The molecule has 1 rings (SSSR count). The molecule has 1 aliphatic rings. The molecule has 0 aromatic rings. The molecule has 0 heterocycles. The van der Waals surface area contributed by atoms with Crippen LogP contribution in [0.2, 0.25) is 0 Å². The quantitative estimate of drug-likeness (QED) is 0.432. The van der Waals surface area contributed by atoms with Gasteiger partial charge in [-0.15, -0.1) is 23.2 Å². The number of amidine groups is 1. The van der Waals surface area contributed by atoms with Gasteiger partial charge in [0.25, 0.3) is 0 Å². The summed E-state index contributed by atoms with van der Waals surface area (Å²) >= 11 is 13.3. The summed E-state index contributed by atoms with van der Waals surface area (Å²) in [7, 11) is 0. The van der Waals surface area contributed by atoms with E-state index in [0.717, 1.165) is 5.75 Å². The molecule has 0 bridgehead atoms. The topological polar surface area (TPSA) is 49.9 Å². The van der Waals surface area contributed by atoms with Crippen molar-refractivity contribution in [1.82, 2.24) is 0 Å². The van der Waals surface area contributed by atoms with Crippen LogP contribution in [0.4, 0.5) is 0 Å². The third-order valence-corrected chi connectivity index (χ3v) is 4.80. The number of halogens is 2. The highest BCUT2D eigenvalue weighted by atomic mass is 35.5. The van der Waals surface area contributed by atoms with Crippen LogP contribution in [0.15, 0.2) is 0 Å². The Morgan fingerprint density at radius 1 is 1.58 bits per heavy atom. The van der Waals surface area contributed by atoms with Crippen LogP contribution in [-0.4, -0.2) is 15.3 Å². The number of thioether (sulfide) groups is 1. The Morgan fingerprint density at radius 3 is 2.25 bits per heavy atom. The van der Waals surface area contributed by atoms with E-state index < -0.39 is 4.33 Å². The minimum absolute atomic E-state index is 0.0431. The number of nitrogens with two attached hydrogens (primary N) is 1. The van der Waals surface area contributed by atoms with Gasteiger partial charge in [0.05, 0.1) is 0 Å². The zero-order valence-electron chi connectivity index (χ0n) is 7.03. The first-order valence-corrected chi connectivity index (χ1v) is 5.39. The number of hydrogen-bond acceptors (Lipinski definition) is 2. The van der Waals surface area contributed by atoms with E-state index in [2.05, 4.69) is 0 Å². The molecule has 12 heavy (non-hydrogen) atoms. The van der Waals surface area contributed by atoms with Crippen LogP contribution >= 0.6 is 35.0 Å². The molecule has 0 radical (unpaired) electrons. The molecular formula is C7H12Cl2N2S. The van der Waals surface area contributed by atoms with E-state index in [0.29, 0.717) is 0 Å². The predicted octanol–water partition coefficient (Wildman–Crippen LogP) is 2.44. The molecule has 0 aromatic carbocycles. The van der Waals surface area contributed by atoms with Crippen molar-refractivity contribution in [2.24, 2.45) is 17.1 Å². The van der Waals surface area contributed by atoms with Gasteiger partial charge in [-0.2, -0.15) is 0 Å². The fourth-order valence-electron chi connectivity index (χ4n) is 1.24. The average Bonchev–Trinajstić information content (AvgIpc) is 2.21. The molecule has 1 aliphatic carbocycles. The molecule has 0 saturated heterocycles. The number of hydrogen-bond donors (Lipinski definition) is 2. The largest absolute Gasteiger partial charge is 0.379 e. The Morgan fingerprint density at radius 2 is 2.00 bits per heavy atom. The van der Waals surface area contributed by atoms with Gasteiger partial charge in [0.2, 0.25) is 0 Å². The molecular weight excluding hydrogens is 215 g/mol. The van der Waals surface area contributed by atoms with Crippen LogP contribution in [0.25, 0.3) is 0 Å². The highest BCUT2D eigenvalue weighted by Gasteiger charge is 2.69. The van der Waals surface area contributed by atoms with Gasteiger partial charge in [0.15, 0.2) is 5.17 Å². The van der Waals surface area contributed by atoms with Crippen LogP contribution < -0.4 is 5.73 Å². The Kier molecular flexibility index (Phi) is 2.59. The van der Waals surface area contributed by atoms with Gasteiger partial charge >= 0.3 is 0 Å². The van der Waals surface area contributed by atoms with Gasteiger partial charge in [-0.25, -0.2) is 0 Å². The highest BCUT2D eigenvalue weighted by Crippen LogP contribution is 2.69. The monoisotopic (exact) mass is 226 g/mol. The Labute approximate surface area is 86.7 Å². The molecule has 1 saturated carbocycles. The fraction of sp³-hybridized carbons (Fsp3) is 0.857. The van der Waals surface area contributed by atoms with Crippen molar-refractivity contribution in [3.63, 3.8) is 0 Å². The van der Waals surface area contributed by atoms with E-state index >= 15 is 0 Å². The molecule has 0 aromatic heterocycles. The zero-order chi connectivity index (χ0) is 9.57. The normalized spacial score (nSPS) is 29.8. The van der Waals surface area contributed by atoms with E-state index in [1.165, 1.54) is 11.8 Å². The summed E-state index contributed by atoms with van der Waals surface area (Å²) in [5.41, 5.74) is 5.16. The van der Waals surface area contributed by atoms with E-state index in [-0.39, 0.29) is 16.5 Å². The lowest BCUT2D eigenvalue weighted by Gasteiger charge is -1.99. The van der Waals surface area contributed by atoms with Gasteiger partial charge in [-0.1, -0.05) is 25.6 Å². The number of nitrogens with one attached hydrogen (secondary N) is 1. The number of rotatable bonds is 2. The second-order valence-electron chi connectivity index (χ2n) is 3.57. The second kappa shape index (κ2) is 2.96. The average molecular weight is 227 g/mol. The van der Waals surface area contributed by atoms with Gasteiger partial charge in [0.1, 0.15) is 4.33 Å². The molecule has 1 unspecified atom stereocenters. The molecule has 0 spiro atoms. The second-order valence-corrected chi connectivity index (χ2v) is 6.02. The summed E-state index contributed by atoms with van der Waals surface area (Å²) in [6.45, 7) is 4.05.